The van der Waals surface area contributed by atoms with Crippen LogP contribution in [0.1, 0.15) is 30.5 Å². The molecule has 0 fully saturated rings. The number of hydrogen-bond acceptors (Lipinski definition) is 4. The smallest absolute Gasteiger partial charge is 0.326 e. The molecule has 1 aromatic heterocycles. The van der Waals surface area contributed by atoms with E-state index in [0.717, 1.165) is 27.6 Å². The number of carbonyl (C=O) groups excluding carboxylic acids is 2. The van der Waals surface area contributed by atoms with E-state index in [2.05, 4.69) is 20.9 Å². The van der Waals surface area contributed by atoms with Gasteiger partial charge in [-0.1, -0.05) is 56.3 Å². The van der Waals surface area contributed by atoms with Crippen molar-refractivity contribution in [3.8, 4) is 0 Å². The van der Waals surface area contributed by atoms with E-state index >= 15 is 0 Å². The van der Waals surface area contributed by atoms with Crippen LogP contribution in [0.15, 0.2) is 54.7 Å². The van der Waals surface area contributed by atoms with E-state index in [0.29, 0.717) is 13.0 Å². The minimum atomic E-state index is -1.13. The molecule has 34 heavy (non-hydrogen) atoms. The van der Waals surface area contributed by atoms with Gasteiger partial charge in [0.25, 0.3) is 0 Å². The lowest BCUT2D eigenvalue weighted by atomic mass is 9.94. The first-order chi connectivity index (χ1) is 16.3. The zero-order chi connectivity index (χ0) is 24.2. The molecule has 8 heteroatoms. The molecular formula is C26H30N4O4. The SMILES string of the molecule is CC(C)[C@H](NC(=O)C1Cc2ccccc2CN1)C(=O)N[C@@H](Cc1c[nH]c2ccccc12)C(=O)O. The number of amides is 2. The number of aliphatic carboxylic acids is 1. The molecule has 3 atom stereocenters. The Morgan fingerprint density at radius 2 is 1.74 bits per heavy atom. The standard InChI is InChI=1S/C26H30N4O4/c1-15(2)23(30-24(31)21-11-16-7-3-4-8-17(16)13-28-21)25(32)29-22(26(33)34)12-18-14-27-20-10-6-5-9-19(18)20/h3-10,14-15,21-23,27-28H,11-13H2,1-2H3,(H,29,32)(H,30,31)(H,33,34)/t21?,22-,23-/m0/s1. The first-order valence-electron chi connectivity index (χ1n) is 11.5. The molecule has 2 heterocycles. The molecule has 178 valence electrons. The molecule has 0 aliphatic carbocycles. The van der Waals surface area contributed by atoms with Crippen LogP contribution >= 0.6 is 0 Å². The Bertz CT molecular complexity index is 1200. The number of fused-ring (bicyclic) bond motifs is 2. The van der Waals surface area contributed by atoms with Crippen molar-refractivity contribution in [3.63, 3.8) is 0 Å². The maximum atomic E-state index is 13.1. The van der Waals surface area contributed by atoms with Gasteiger partial charge in [0.05, 0.1) is 6.04 Å². The third kappa shape index (κ3) is 5.12. The maximum absolute atomic E-state index is 13.1. The first-order valence-corrected chi connectivity index (χ1v) is 11.5. The average Bonchev–Trinajstić information content (AvgIpc) is 3.24. The predicted molar refractivity (Wildman–Crippen MR) is 129 cm³/mol. The molecule has 0 bridgehead atoms. The van der Waals surface area contributed by atoms with E-state index in [-0.39, 0.29) is 18.2 Å². The van der Waals surface area contributed by atoms with E-state index in [4.69, 9.17) is 0 Å². The lowest BCUT2D eigenvalue weighted by Crippen LogP contribution is -2.58. The molecule has 0 saturated heterocycles. The molecule has 1 unspecified atom stereocenters. The monoisotopic (exact) mass is 462 g/mol. The summed E-state index contributed by atoms with van der Waals surface area (Å²) in [6, 6.07) is 13.1. The number of carbonyl (C=O) groups is 3. The average molecular weight is 463 g/mol. The van der Waals surface area contributed by atoms with Crippen molar-refractivity contribution >= 4 is 28.7 Å². The number of aromatic amines is 1. The van der Waals surface area contributed by atoms with Gasteiger partial charge in [0.1, 0.15) is 12.1 Å². The van der Waals surface area contributed by atoms with Crippen LogP contribution in [0.4, 0.5) is 0 Å². The summed E-state index contributed by atoms with van der Waals surface area (Å²) in [7, 11) is 0. The zero-order valence-corrected chi connectivity index (χ0v) is 19.3. The molecule has 0 spiro atoms. The largest absolute Gasteiger partial charge is 0.480 e. The summed E-state index contributed by atoms with van der Waals surface area (Å²) >= 11 is 0. The number of H-pyrrole nitrogens is 1. The quantitative estimate of drug-likeness (QED) is 0.351. The molecule has 5 N–H and O–H groups in total. The molecule has 3 aromatic rings. The summed E-state index contributed by atoms with van der Waals surface area (Å²) in [4.78, 5) is 41.1. The van der Waals surface area contributed by atoms with E-state index < -0.39 is 30.0 Å². The summed E-state index contributed by atoms with van der Waals surface area (Å²) in [6.07, 6.45) is 2.43. The van der Waals surface area contributed by atoms with E-state index in [1.807, 2.05) is 62.4 Å². The summed E-state index contributed by atoms with van der Waals surface area (Å²) in [5.41, 5.74) is 3.98. The summed E-state index contributed by atoms with van der Waals surface area (Å²) in [5, 5.41) is 19.4. The van der Waals surface area contributed by atoms with Gasteiger partial charge in [0.15, 0.2) is 0 Å². The van der Waals surface area contributed by atoms with Crippen molar-refractivity contribution in [3.05, 3.63) is 71.4 Å². The Balaban J connectivity index is 1.43. The van der Waals surface area contributed by atoms with Gasteiger partial charge in [-0.3, -0.25) is 9.59 Å². The molecule has 8 nitrogen and oxygen atoms in total. The lowest BCUT2D eigenvalue weighted by Gasteiger charge is -2.29. The number of hydrogen-bond donors (Lipinski definition) is 5. The van der Waals surface area contributed by atoms with Crippen molar-refractivity contribution in [1.82, 2.24) is 20.9 Å². The van der Waals surface area contributed by atoms with Crippen molar-refractivity contribution in [2.75, 3.05) is 0 Å². The second kappa shape index (κ2) is 10.1. The number of para-hydroxylation sites is 1. The third-order valence-corrected chi connectivity index (χ3v) is 6.36. The highest BCUT2D eigenvalue weighted by atomic mass is 16.4. The van der Waals surface area contributed by atoms with Gasteiger partial charge in [0.2, 0.25) is 11.8 Å². The van der Waals surface area contributed by atoms with Crippen LogP contribution in [0, 0.1) is 5.92 Å². The lowest BCUT2D eigenvalue weighted by molar-refractivity contribution is -0.142. The number of aromatic nitrogens is 1. The van der Waals surface area contributed by atoms with Crippen molar-refractivity contribution in [2.45, 2.75) is 51.4 Å². The molecule has 0 radical (unpaired) electrons. The van der Waals surface area contributed by atoms with Crippen molar-refractivity contribution in [1.29, 1.82) is 0 Å². The Morgan fingerprint density at radius 1 is 1.03 bits per heavy atom. The fraction of sp³-hybridized carbons (Fsp3) is 0.346. The van der Waals surface area contributed by atoms with Crippen LogP contribution < -0.4 is 16.0 Å². The second-order valence-corrected chi connectivity index (χ2v) is 9.10. The van der Waals surface area contributed by atoms with Crippen molar-refractivity contribution in [2.24, 2.45) is 5.92 Å². The van der Waals surface area contributed by atoms with E-state index in [1.54, 1.807) is 6.20 Å². The Morgan fingerprint density at radius 3 is 2.47 bits per heavy atom. The highest BCUT2D eigenvalue weighted by molar-refractivity contribution is 5.92. The number of rotatable bonds is 8. The minimum Gasteiger partial charge on any atom is -0.480 e. The minimum absolute atomic E-state index is 0.130. The van der Waals surface area contributed by atoms with Gasteiger partial charge in [-0.05, 0) is 35.1 Å². The molecule has 1 aliphatic heterocycles. The molecule has 1 aliphatic rings. The highest BCUT2D eigenvalue weighted by Crippen LogP contribution is 2.20. The van der Waals surface area contributed by atoms with Crippen molar-refractivity contribution < 1.29 is 19.5 Å². The molecular weight excluding hydrogens is 432 g/mol. The Labute approximate surface area is 198 Å². The van der Waals surface area contributed by atoms with Gasteiger partial charge in [-0.2, -0.15) is 0 Å². The fourth-order valence-corrected chi connectivity index (χ4v) is 4.41. The van der Waals surface area contributed by atoms with Crippen LogP contribution in [0.3, 0.4) is 0 Å². The fourth-order valence-electron chi connectivity index (χ4n) is 4.41. The Kier molecular flexibility index (Phi) is 6.98. The molecule has 2 aromatic carbocycles. The van der Waals surface area contributed by atoms with Gasteiger partial charge < -0.3 is 26.0 Å². The van der Waals surface area contributed by atoms with Gasteiger partial charge in [0, 0.05) is 30.1 Å². The normalized spacial score (nSPS) is 17.1. The van der Waals surface area contributed by atoms with Gasteiger partial charge >= 0.3 is 5.97 Å². The van der Waals surface area contributed by atoms with Crippen LogP contribution in [0.25, 0.3) is 10.9 Å². The molecule has 2 amide bonds. The predicted octanol–water partition coefficient (Wildman–Crippen LogP) is 2.14. The third-order valence-electron chi connectivity index (χ3n) is 6.36. The van der Waals surface area contributed by atoms with Gasteiger partial charge in [-0.15, -0.1) is 0 Å². The first kappa shape index (κ1) is 23.5. The number of benzene rings is 2. The Hall–Kier alpha value is -3.65. The number of carboxylic acids is 1. The van der Waals surface area contributed by atoms with Crippen LogP contribution in [0.5, 0.6) is 0 Å². The highest BCUT2D eigenvalue weighted by Gasteiger charge is 2.32. The second-order valence-electron chi connectivity index (χ2n) is 9.10. The number of nitrogens with one attached hydrogen (secondary N) is 4. The zero-order valence-electron chi connectivity index (χ0n) is 19.3. The van der Waals surface area contributed by atoms with E-state index in [9.17, 15) is 19.5 Å². The van der Waals surface area contributed by atoms with Crippen LogP contribution in [0.2, 0.25) is 0 Å². The van der Waals surface area contributed by atoms with Crippen LogP contribution in [-0.2, 0) is 33.8 Å². The van der Waals surface area contributed by atoms with Gasteiger partial charge in [-0.25, -0.2) is 4.79 Å². The topological polar surface area (TPSA) is 123 Å². The molecule has 4 rings (SSSR count). The van der Waals surface area contributed by atoms with Crippen LogP contribution in [-0.4, -0.2) is 46.0 Å². The number of carboxylic acid groups (broad SMARTS) is 1. The molecule has 0 saturated carbocycles. The van der Waals surface area contributed by atoms with E-state index in [1.165, 1.54) is 0 Å². The summed E-state index contributed by atoms with van der Waals surface area (Å²) < 4.78 is 0. The summed E-state index contributed by atoms with van der Waals surface area (Å²) in [6.45, 7) is 4.23. The summed E-state index contributed by atoms with van der Waals surface area (Å²) in [5.74, 6) is -2.13. The maximum Gasteiger partial charge on any atom is 0.326 e.